The summed E-state index contributed by atoms with van der Waals surface area (Å²) < 4.78 is 0. The van der Waals surface area contributed by atoms with E-state index in [9.17, 15) is 0 Å². The second-order valence-electron chi connectivity index (χ2n) is 21.8. The van der Waals surface area contributed by atoms with Crippen molar-refractivity contribution in [3.63, 3.8) is 0 Å². The summed E-state index contributed by atoms with van der Waals surface area (Å²) in [6.45, 7) is 23.1. The van der Waals surface area contributed by atoms with Crippen LogP contribution in [0.1, 0.15) is 269 Å². The van der Waals surface area contributed by atoms with E-state index >= 15 is 0 Å². The summed E-state index contributed by atoms with van der Waals surface area (Å²) in [7, 11) is 0. The zero-order valence-corrected chi connectivity index (χ0v) is 44.8. The van der Waals surface area contributed by atoms with Crippen LogP contribution >= 0.6 is 0 Å². The van der Waals surface area contributed by atoms with Gasteiger partial charge in [0.2, 0.25) is 0 Å². The first-order valence-electron chi connectivity index (χ1n) is 29.7. The Morgan fingerprint density at radius 2 is 1.02 bits per heavy atom. The maximum atomic E-state index is 2.54. The summed E-state index contributed by atoms with van der Waals surface area (Å²) in [5.41, 5.74) is 1.80. The molecule has 11 unspecified atom stereocenters. The van der Waals surface area contributed by atoms with Crippen LogP contribution in [0.4, 0.5) is 0 Å². The molecule has 0 radical (unpaired) electrons. The highest BCUT2D eigenvalue weighted by molar-refractivity contribution is 5.14. The summed E-state index contributed by atoms with van der Waals surface area (Å²) in [5.74, 6) is 14.7. The van der Waals surface area contributed by atoms with Crippen LogP contribution < -0.4 is 0 Å². The van der Waals surface area contributed by atoms with Crippen molar-refractivity contribution in [1.29, 1.82) is 0 Å². The van der Waals surface area contributed by atoms with Gasteiger partial charge in [0.25, 0.3) is 0 Å². The Kier molecular flexibility index (Phi) is 29.9. The van der Waals surface area contributed by atoms with Crippen molar-refractivity contribution in [2.45, 2.75) is 269 Å². The lowest BCUT2D eigenvalue weighted by molar-refractivity contribution is 0.229. The number of fused-ring (bicyclic) bond motifs is 8. The minimum atomic E-state index is 0.907. The molecule has 0 saturated heterocycles. The van der Waals surface area contributed by atoms with Crippen molar-refractivity contribution in [1.82, 2.24) is 0 Å². The van der Waals surface area contributed by atoms with Gasteiger partial charge in [0.1, 0.15) is 0 Å². The fourth-order valence-electron chi connectivity index (χ4n) is 14.5. The van der Waals surface area contributed by atoms with Gasteiger partial charge in [0, 0.05) is 0 Å². The lowest BCUT2D eigenvalue weighted by Crippen LogP contribution is -2.23. The van der Waals surface area contributed by atoms with Crippen LogP contribution in [-0.4, -0.2) is 0 Å². The molecular formula is C63H114. The minimum absolute atomic E-state index is 0.907. The summed E-state index contributed by atoms with van der Waals surface area (Å²) in [4.78, 5) is 0. The third-order valence-corrected chi connectivity index (χ3v) is 18.0. The van der Waals surface area contributed by atoms with Crippen LogP contribution in [0, 0.1) is 82.9 Å². The molecule has 0 aromatic rings. The predicted molar refractivity (Wildman–Crippen MR) is 285 cm³/mol. The van der Waals surface area contributed by atoms with Crippen LogP contribution in [0.2, 0.25) is 0 Å². The largest absolute Gasteiger partial charge is 0.0882 e. The quantitative estimate of drug-likeness (QED) is 0.243. The molecule has 366 valence electrons. The normalized spacial score (nSPS) is 37.9. The minimum Gasteiger partial charge on any atom is -0.0882 e. The molecule has 4 bridgehead atoms. The first kappa shape index (κ1) is 56.3. The van der Waals surface area contributed by atoms with Gasteiger partial charge in [-0.2, -0.15) is 0 Å². The van der Waals surface area contributed by atoms with E-state index in [1.807, 2.05) is 55.4 Å². The molecule has 8 saturated carbocycles. The molecule has 0 heteroatoms. The molecule has 0 heterocycles. The number of hydrogen-bond acceptors (Lipinski definition) is 0. The maximum Gasteiger partial charge on any atom is -0.0200 e. The fourth-order valence-corrected chi connectivity index (χ4v) is 14.5. The topological polar surface area (TPSA) is 0 Å². The standard InChI is InChI=1S/C12H20.C11H18.C9H16.C9H14.C7H12.C7H10.4C2H6/c1-2-10-7-8-11-5-3-4-6-12(11)9-10;1-2-9-6-7-10-4-3-5-11(10)8-9;1-7-5-8-3-2-4-9(8)6-7;1-2-5-9-7-3-6-8(9)4-1;2*1-2-7-4-3-6(1)5-7;4*1-2/h7-8,10-12H,2-6,9H2,1H3;7,9,11H,2-6,8H2,1H3;7-9H,2-6H2,1H3;1,4,8-9H,2-3,5-7H2;6-7H,1-5H2;1-2,6-7H,3-5H2;4*1-2H3. The van der Waals surface area contributed by atoms with Gasteiger partial charge in [-0.1, -0.05) is 195 Å². The van der Waals surface area contributed by atoms with Crippen molar-refractivity contribution >= 4 is 0 Å². The van der Waals surface area contributed by atoms with Gasteiger partial charge >= 0.3 is 0 Å². The average Bonchev–Trinajstić information content (AvgIpc) is 4.23. The molecule has 11 atom stereocenters. The fraction of sp³-hybridized carbons (Fsp3) is 0.873. The Morgan fingerprint density at radius 3 is 1.56 bits per heavy atom. The van der Waals surface area contributed by atoms with Gasteiger partial charge in [0.05, 0.1) is 0 Å². The zero-order chi connectivity index (χ0) is 45.8. The smallest absolute Gasteiger partial charge is 0.0200 e. The van der Waals surface area contributed by atoms with Crippen LogP contribution in [0.3, 0.4) is 0 Å². The van der Waals surface area contributed by atoms with E-state index in [0.29, 0.717) is 0 Å². The lowest BCUT2D eigenvalue weighted by atomic mass is 9.71. The lowest BCUT2D eigenvalue weighted by Gasteiger charge is -2.35. The van der Waals surface area contributed by atoms with E-state index in [-0.39, 0.29) is 0 Å². The second-order valence-corrected chi connectivity index (χ2v) is 21.8. The van der Waals surface area contributed by atoms with Crippen molar-refractivity contribution in [3.8, 4) is 0 Å². The van der Waals surface area contributed by atoms with Gasteiger partial charge in [-0.3, -0.25) is 0 Å². The molecule has 0 amide bonds. The third kappa shape index (κ3) is 19.2. The third-order valence-electron chi connectivity index (χ3n) is 18.0. The van der Waals surface area contributed by atoms with E-state index in [1.165, 1.54) is 147 Å². The molecule has 0 spiro atoms. The Labute approximate surface area is 398 Å². The Bertz CT molecular complexity index is 1190. The van der Waals surface area contributed by atoms with Crippen molar-refractivity contribution < 1.29 is 0 Å². The number of allylic oxidation sites excluding steroid dienone is 8. The summed E-state index contributed by atoms with van der Waals surface area (Å²) in [6, 6.07) is 0. The van der Waals surface area contributed by atoms with Crippen LogP contribution in [-0.2, 0) is 0 Å². The average molecular weight is 872 g/mol. The molecule has 12 aliphatic carbocycles. The van der Waals surface area contributed by atoms with E-state index in [0.717, 1.165) is 71.0 Å². The van der Waals surface area contributed by atoms with Gasteiger partial charge in [-0.15, -0.1) is 0 Å². The predicted octanol–water partition coefficient (Wildman–Crippen LogP) is 21.2. The van der Waals surface area contributed by atoms with Crippen molar-refractivity contribution in [2.75, 3.05) is 0 Å². The van der Waals surface area contributed by atoms with E-state index in [1.54, 1.807) is 63.4 Å². The van der Waals surface area contributed by atoms with E-state index < -0.39 is 0 Å². The molecule has 12 rings (SSSR count). The highest BCUT2D eigenvalue weighted by Crippen LogP contribution is 2.47. The van der Waals surface area contributed by atoms with E-state index in [4.69, 9.17) is 0 Å². The molecule has 8 fully saturated rings. The van der Waals surface area contributed by atoms with Gasteiger partial charge in [0.15, 0.2) is 0 Å². The second kappa shape index (κ2) is 33.4. The number of hydrogen-bond donors (Lipinski definition) is 0. The summed E-state index contributed by atoms with van der Waals surface area (Å²) in [6.07, 6.45) is 61.8. The molecular weight excluding hydrogens is 757 g/mol. The van der Waals surface area contributed by atoms with Gasteiger partial charge < -0.3 is 0 Å². The Hall–Kier alpha value is -1.04. The molecule has 12 aliphatic rings. The van der Waals surface area contributed by atoms with E-state index in [2.05, 4.69) is 63.3 Å². The number of rotatable bonds is 2. The van der Waals surface area contributed by atoms with Gasteiger partial charge in [-0.05, 0) is 205 Å². The SMILES string of the molecule is C1=CC2CCC1C2.C1=CC2CCCC2CC1.C1CC2CCC1C2.CC.CC.CC.CC.CC1CC2CCCC2C1.CCC1C=CC2CCCCC2C1.CCC1CC=C2CCCC2C1. The first-order valence-corrected chi connectivity index (χ1v) is 29.7. The van der Waals surface area contributed by atoms with Crippen LogP contribution in [0.25, 0.3) is 0 Å². The first-order chi connectivity index (χ1) is 31.0. The monoisotopic (exact) mass is 871 g/mol. The van der Waals surface area contributed by atoms with Crippen molar-refractivity contribution in [2.24, 2.45) is 82.9 Å². The highest BCUT2D eigenvalue weighted by atomic mass is 14.4. The van der Waals surface area contributed by atoms with Gasteiger partial charge in [-0.25, -0.2) is 0 Å². The zero-order valence-electron chi connectivity index (χ0n) is 44.8. The molecule has 0 aromatic heterocycles. The molecule has 0 N–H and O–H groups in total. The van der Waals surface area contributed by atoms with Crippen molar-refractivity contribution in [3.05, 3.63) is 48.1 Å². The Balaban J connectivity index is 0.000000196. The molecule has 63 heavy (non-hydrogen) atoms. The molecule has 0 aromatic carbocycles. The maximum absolute atomic E-state index is 2.54. The summed E-state index contributed by atoms with van der Waals surface area (Å²) in [5, 5.41) is 0. The Morgan fingerprint density at radius 1 is 0.444 bits per heavy atom. The molecule has 0 aliphatic heterocycles. The van der Waals surface area contributed by atoms with Crippen LogP contribution in [0.15, 0.2) is 48.1 Å². The molecule has 0 nitrogen and oxygen atoms in total. The van der Waals surface area contributed by atoms with Crippen LogP contribution in [0.5, 0.6) is 0 Å². The summed E-state index contributed by atoms with van der Waals surface area (Å²) >= 11 is 0. The highest BCUT2D eigenvalue weighted by Gasteiger charge is 2.35.